The maximum absolute atomic E-state index is 12.0. The number of hydrogen-bond donors (Lipinski definition) is 1. The molecule has 7 heteroatoms. The second kappa shape index (κ2) is 7.88. The van der Waals surface area contributed by atoms with E-state index in [9.17, 15) is 9.59 Å². The van der Waals surface area contributed by atoms with Crippen LogP contribution < -0.4 is 15.1 Å². The van der Waals surface area contributed by atoms with Crippen LogP contribution in [0.4, 0.5) is 16.2 Å². The van der Waals surface area contributed by atoms with Crippen LogP contribution in [0, 0.1) is 12.5 Å². The summed E-state index contributed by atoms with van der Waals surface area (Å²) in [4.78, 5) is 29.8. The van der Waals surface area contributed by atoms with Crippen LogP contribution in [-0.4, -0.2) is 51.3 Å². The van der Waals surface area contributed by atoms with Crippen molar-refractivity contribution in [3.05, 3.63) is 35.7 Å². The zero-order valence-corrected chi connectivity index (χ0v) is 14.1. The summed E-state index contributed by atoms with van der Waals surface area (Å²) in [7, 11) is 0. The first-order valence-corrected chi connectivity index (χ1v) is 8.54. The lowest BCUT2D eigenvalue weighted by Crippen LogP contribution is -2.34. The van der Waals surface area contributed by atoms with Gasteiger partial charge in [-0.25, -0.2) is 11.4 Å². The number of nitrogens with one attached hydrogen (secondary N) is 1. The predicted octanol–water partition coefficient (Wildman–Crippen LogP) is 1.89. The van der Waals surface area contributed by atoms with Gasteiger partial charge in [-0.15, -0.1) is 0 Å². The van der Waals surface area contributed by atoms with Gasteiger partial charge >= 0.3 is 6.09 Å². The summed E-state index contributed by atoms with van der Waals surface area (Å²) in [5, 5.41) is 2.54. The van der Waals surface area contributed by atoms with Gasteiger partial charge in [0.1, 0.15) is 6.10 Å². The number of carbonyl (C=O) groups excluding carboxylic acids is 2. The quantitative estimate of drug-likeness (QED) is 0.633. The summed E-state index contributed by atoms with van der Waals surface area (Å²) in [6.45, 7) is 10.3. The Labute approximate surface area is 147 Å². The van der Waals surface area contributed by atoms with Crippen LogP contribution in [0.3, 0.4) is 0 Å². The van der Waals surface area contributed by atoms with Crippen LogP contribution >= 0.6 is 0 Å². The van der Waals surface area contributed by atoms with Crippen LogP contribution in [-0.2, 0) is 9.53 Å². The topological polar surface area (TPSA) is 66.2 Å². The highest BCUT2D eigenvalue weighted by molar-refractivity contribution is 5.90. The molecule has 0 spiro atoms. The summed E-state index contributed by atoms with van der Waals surface area (Å²) in [6, 6.07) is 7.90. The van der Waals surface area contributed by atoms with Crippen molar-refractivity contribution >= 4 is 23.9 Å². The Balaban J connectivity index is 1.58. The van der Waals surface area contributed by atoms with Crippen LogP contribution in [0.1, 0.15) is 12.8 Å². The number of anilines is 2. The minimum Gasteiger partial charge on any atom is -0.442 e. The first-order chi connectivity index (χ1) is 12.2. The number of piperidine rings is 1. The molecule has 2 fully saturated rings. The number of benzene rings is 1. The molecule has 3 rings (SSSR count). The molecule has 132 valence electrons. The average Bonchev–Trinajstić information content (AvgIpc) is 3.02. The van der Waals surface area contributed by atoms with E-state index < -0.39 is 0 Å². The van der Waals surface area contributed by atoms with Crippen molar-refractivity contribution in [3.8, 4) is 0 Å². The van der Waals surface area contributed by atoms with E-state index in [4.69, 9.17) is 11.3 Å². The Morgan fingerprint density at radius 1 is 1.24 bits per heavy atom. The number of hydrogen-bond acceptors (Lipinski definition) is 4. The van der Waals surface area contributed by atoms with E-state index in [0.717, 1.165) is 37.3 Å². The van der Waals surface area contributed by atoms with Gasteiger partial charge in [0.2, 0.25) is 13.0 Å². The molecule has 1 N–H and O–H groups in total. The second-order valence-electron chi connectivity index (χ2n) is 6.43. The fourth-order valence-electron chi connectivity index (χ4n) is 3.36. The minimum atomic E-state index is -0.384. The first kappa shape index (κ1) is 17.1. The summed E-state index contributed by atoms with van der Waals surface area (Å²) in [5.74, 6) is 0.518. The van der Waals surface area contributed by atoms with Crippen LogP contribution in [0.5, 0.6) is 0 Å². The molecule has 0 bridgehead atoms. The molecule has 0 aliphatic carbocycles. The predicted molar refractivity (Wildman–Crippen MR) is 94.5 cm³/mol. The molecular weight excluding hydrogens is 320 g/mol. The van der Waals surface area contributed by atoms with E-state index in [1.807, 2.05) is 24.3 Å². The molecule has 2 aliphatic heterocycles. The SMILES string of the molecule is [C-]#[N+]CC1CCN(c2ccc(N3C[C@H](CNC=O)OC3=O)cc2)CC1. The summed E-state index contributed by atoms with van der Waals surface area (Å²) in [5.41, 5.74) is 1.93. The van der Waals surface area contributed by atoms with Crippen molar-refractivity contribution < 1.29 is 14.3 Å². The Morgan fingerprint density at radius 3 is 2.56 bits per heavy atom. The van der Waals surface area contributed by atoms with Gasteiger partial charge in [-0.2, -0.15) is 0 Å². The van der Waals surface area contributed by atoms with Crippen LogP contribution in [0.2, 0.25) is 0 Å². The molecule has 0 saturated carbocycles. The van der Waals surface area contributed by atoms with E-state index in [0.29, 0.717) is 32.0 Å². The lowest BCUT2D eigenvalue weighted by atomic mass is 9.96. The number of nitrogens with zero attached hydrogens (tertiary/aromatic N) is 3. The highest BCUT2D eigenvalue weighted by Gasteiger charge is 2.32. The Bertz CT molecular complexity index is 647. The third kappa shape index (κ3) is 4.02. The Morgan fingerprint density at radius 2 is 1.92 bits per heavy atom. The van der Waals surface area contributed by atoms with Gasteiger partial charge in [-0.3, -0.25) is 9.69 Å². The van der Waals surface area contributed by atoms with Crippen molar-refractivity contribution in [2.75, 3.05) is 42.5 Å². The van der Waals surface area contributed by atoms with E-state index >= 15 is 0 Å². The third-order valence-corrected chi connectivity index (χ3v) is 4.79. The second-order valence-corrected chi connectivity index (χ2v) is 6.43. The van der Waals surface area contributed by atoms with Crippen LogP contribution in [0.15, 0.2) is 24.3 Å². The van der Waals surface area contributed by atoms with Crippen molar-refractivity contribution in [3.63, 3.8) is 0 Å². The molecular formula is C18H22N4O3. The van der Waals surface area contributed by atoms with E-state index in [2.05, 4.69) is 15.1 Å². The lowest BCUT2D eigenvalue weighted by molar-refractivity contribution is -0.109. The molecule has 25 heavy (non-hydrogen) atoms. The maximum atomic E-state index is 12.0. The summed E-state index contributed by atoms with van der Waals surface area (Å²) in [6.07, 6.45) is 2.00. The fraction of sp³-hybridized carbons (Fsp3) is 0.500. The molecule has 1 aromatic rings. The van der Waals surface area contributed by atoms with Crippen molar-refractivity contribution in [2.24, 2.45) is 5.92 Å². The monoisotopic (exact) mass is 342 g/mol. The average molecular weight is 342 g/mol. The molecule has 2 aliphatic rings. The fourth-order valence-corrected chi connectivity index (χ4v) is 3.36. The molecule has 0 unspecified atom stereocenters. The highest BCUT2D eigenvalue weighted by Crippen LogP contribution is 2.27. The van der Waals surface area contributed by atoms with E-state index in [-0.39, 0.29) is 12.2 Å². The van der Waals surface area contributed by atoms with Gasteiger partial charge in [0, 0.05) is 30.4 Å². The highest BCUT2D eigenvalue weighted by atomic mass is 16.6. The number of cyclic esters (lactones) is 1. The molecule has 2 amide bonds. The number of rotatable bonds is 6. The molecule has 7 nitrogen and oxygen atoms in total. The molecule has 1 atom stereocenters. The van der Waals surface area contributed by atoms with Crippen LogP contribution in [0.25, 0.3) is 4.85 Å². The number of amides is 2. The molecule has 0 radical (unpaired) electrons. The van der Waals surface area contributed by atoms with Gasteiger partial charge in [-0.05, 0) is 37.1 Å². The van der Waals surface area contributed by atoms with Gasteiger partial charge < -0.3 is 19.8 Å². The minimum absolute atomic E-state index is 0.321. The largest absolute Gasteiger partial charge is 0.442 e. The zero-order chi connectivity index (χ0) is 17.6. The number of ether oxygens (including phenoxy) is 1. The van der Waals surface area contributed by atoms with Crippen molar-refractivity contribution in [1.82, 2.24) is 5.32 Å². The zero-order valence-electron chi connectivity index (χ0n) is 14.1. The maximum Gasteiger partial charge on any atom is 0.414 e. The van der Waals surface area contributed by atoms with Gasteiger partial charge in [0.15, 0.2) is 0 Å². The third-order valence-electron chi connectivity index (χ3n) is 4.79. The standard InChI is InChI=1S/C18H22N4O3/c1-19-10-14-6-8-21(9-7-14)15-2-4-16(5-3-15)22-12-17(11-20-13-23)25-18(22)24/h2-5,13-14,17H,6-12H2,(H,20,23)/t17-/m0/s1. The normalized spacial score (nSPS) is 20.9. The number of carbonyl (C=O) groups is 2. The first-order valence-electron chi connectivity index (χ1n) is 8.54. The van der Waals surface area contributed by atoms with E-state index in [1.54, 1.807) is 4.90 Å². The van der Waals surface area contributed by atoms with Crippen molar-refractivity contribution in [2.45, 2.75) is 18.9 Å². The Hall–Kier alpha value is -2.75. The van der Waals surface area contributed by atoms with E-state index in [1.165, 1.54) is 0 Å². The summed E-state index contributed by atoms with van der Waals surface area (Å²) < 4.78 is 5.24. The summed E-state index contributed by atoms with van der Waals surface area (Å²) >= 11 is 0. The van der Waals surface area contributed by atoms with Crippen molar-refractivity contribution in [1.29, 1.82) is 0 Å². The Kier molecular flexibility index (Phi) is 5.39. The molecule has 2 heterocycles. The molecule has 2 saturated heterocycles. The van der Waals surface area contributed by atoms with Gasteiger partial charge in [-0.1, -0.05) is 0 Å². The lowest BCUT2D eigenvalue weighted by Gasteiger charge is -2.32. The smallest absolute Gasteiger partial charge is 0.414 e. The van der Waals surface area contributed by atoms with Gasteiger partial charge in [0.05, 0.1) is 13.1 Å². The molecule has 0 aromatic heterocycles. The van der Waals surface area contributed by atoms with Gasteiger partial charge in [0.25, 0.3) is 0 Å². The molecule has 1 aromatic carbocycles.